The van der Waals surface area contributed by atoms with Crippen molar-refractivity contribution in [1.82, 2.24) is 19.4 Å². The van der Waals surface area contributed by atoms with Crippen LogP contribution < -0.4 is 9.46 Å². The molecule has 0 spiro atoms. The first-order chi connectivity index (χ1) is 21.5. The summed E-state index contributed by atoms with van der Waals surface area (Å²) in [6, 6.07) is 4.28. The normalized spacial score (nSPS) is 23.7. The molecule has 0 unspecified atom stereocenters. The van der Waals surface area contributed by atoms with Gasteiger partial charge in [-0.1, -0.05) is 26.2 Å². The van der Waals surface area contributed by atoms with Crippen molar-refractivity contribution in [3.8, 4) is 5.75 Å². The Labute approximate surface area is 269 Å². The van der Waals surface area contributed by atoms with Gasteiger partial charge in [0, 0.05) is 51.1 Å². The van der Waals surface area contributed by atoms with E-state index >= 15 is 0 Å². The molecule has 252 valence electrons. The van der Waals surface area contributed by atoms with Crippen molar-refractivity contribution in [1.29, 1.82) is 0 Å². The molecule has 12 heteroatoms. The quantitative estimate of drug-likeness (QED) is 0.407. The molecule has 2 N–H and O–H groups in total. The van der Waals surface area contributed by atoms with Gasteiger partial charge in [-0.3, -0.25) is 9.52 Å². The second kappa shape index (κ2) is 16.2. The Kier molecular flexibility index (Phi) is 12.7. The number of amides is 1. The van der Waals surface area contributed by atoms with Crippen molar-refractivity contribution >= 4 is 21.6 Å². The van der Waals surface area contributed by atoms with Gasteiger partial charge in [-0.15, -0.1) is 0 Å². The number of benzene rings is 1. The minimum absolute atomic E-state index is 0.0196. The molecule has 1 aliphatic carbocycles. The van der Waals surface area contributed by atoms with Crippen LogP contribution in [0.2, 0.25) is 0 Å². The van der Waals surface area contributed by atoms with Gasteiger partial charge in [0.1, 0.15) is 5.75 Å². The van der Waals surface area contributed by atoms with Crippen molar-refractivity contribution < 1.29 is 27.8 Å². The molecule has 11 nitrogen and oxygen atoms in total. The third-order valence-electron chi connectivity index (χ3n) is 9.05. The molecule has 1 amide bonds. The van der Waals surface area contributed by atoms with Gasteiger partial charge in [0.05, 0.1) is 36.7 Å². The van der Waals surface area contributed by atoms with E-state index < -0.39 is 16.1 Å². The van der Waals surface area contributed by atoms with Crippen LogP contribution in [0.3, 0.4) is 0 Å². The van der Waals surface area contributed by atoms with Crippen LogP contribution in [0.25, 0.3) is 0 Å². The van der Waals surface area contributed by atoms with Crippen molar-refractivity contribution in [2.45, 2.75) is 95.4 Å². The number of hydrogen-bond acceptors (Lipinski definition) is 8. The summed E-state index contributed by atoms with van der Waals surface area (Å²) in [5, 5.41) is 10.1. The van der Waals surface area contributed by atoms with Gasteiger partial charge in [-0.25, -0.2) is 4.98 Å². The highest BCUT2D eigenvalue weighted by Gasteiger charge is 2.31. The minimum Gasteiger partial charge on any atom is -0.490 e. The van der Waals surface area contributed by atoms with E-state index in [-0.39, 0.29) is 46.9 Å². The topological polar surface area (TPSA) is 126 Å². The van der Waals surface area contributed by atoms with Crippen LogP contribution in [-0.2, 0) is 21.8 Å². The molecule has 2 heterocycles. The van der Waals surface area contributed by atoms with E-state index in [1.54, 1.807) is 28.6 Å². The summed E-state index contributed by atoms with van der Waals surface area (Å²) in [5.41, 5.74) is 0.458. The number of aromatic nitrogens is 2. The van der Waals surface area contributed by atoms with Gasteiger partial charge in [0.2, 0.25) is 0 Å². The molecule has 45 heavy (non-hydrogen) atoms. The molecule has 1 aliphatic heterocycles. The number of aliphatic hydroxyl groups excluding tert-OH is 1. The summed E-state index contributed by atoms with van der Waals surface area (Å²) in [5.74, 6) is 0.741. The number of hydrogen-bond donors (Lipinski definition) is 2. The monoisotopic (exact) mass is 647 g/mol. The van der Waals surface area contributed by atoms with Gasteiger partial charge in [-0.2, -0.15) is 8.42 Å². The van der Waals surface area contributed by atoms with E-state index in [4.69, 9.17) is 9.47 Å². The second-order valence-electron chi connectivity index (χ2n) is 13.2. The van der Waals surface area contributed by atoms with Gasteiger partial charge >= 0.3 is 0 Å². The van der Waals surface area contributed by atoms with Crippen molar-refractivity contribution in [3.63, 3.8) is 0 Å². The Hall–Kier alpha value is -2.67. The van der Waals surface area contributed by atoms with Crippen LogP contribution in [0.1, 0.15) is 82.5 Å². The van der Waals surface area contributed by atoms with E-state index in [1.165, 1.54) is 50.7 Å². The molecule has 1 fully saturated rings. The Morgan fingerprint density at radius 3 is 2.53 bits per heavy atom. The fraction of sp³-hybridized carbons (Fsp3) is 0.697. The van der Waals surface area contributed by atoms with Gasteiger partial charge < -0.3 is 28.9 Å². The minimum atomic E-state index is -3.98. The van der Waals surface area contributed by atoms with Crippen LogP contribution in [0, 0.1) is 11.8 Å². The van der Waals surface area contributed by atoms with Crippen LogP contribution in [-0.4, -0.2) is 96.9 Å². The molecule has 2 aliphatic rings. The first-order valence-corrected chi connectivity index (χ1v) is 18.0. The molecular weight excluding hydrogens is 594 g/mol. The van der Waals surface area contributed by atoms with Gasteiger partial charge in [-0.05, 0) is 77.1 Å². The van der Waals surface area contributed by atoms with Crippen molar-refractivity contribution in [2.75, 3.05) is 44.6 Å². The number of aliphatic hydroxyl groups is 1. The first-order valence-electron chi connectivity index (χ1n) is 16.5. The maximum absolute atomic E-state index is 14.3. The predicted molar refractivity (Wildman–Crippen MR) is 175 cm³/mol. The molecule has 2 aromatic rings. The number of sulfonamides is 1. The molecule has 4 rings (SSSR count). The molecule has 0 saturated heterocycles. The average molecular weight is 648 g/mol. The number of anilines is 1. The second-order valence-corrected chi connectivity index (χ2v) is 14.8. The summed E-state index contributed by atoms with van der Waals surface area (Å²) in [6.45, 7) is 8.48. The number of aryl methyl sites for hydroxylation is 1. The summed E-state index contributed by atoms with van der Waals surface area (Å²) in [4.78, 5) is 22.3. The van der Waals surface area contributed by atoms with Gasteiger partial charge in [0.25, 0.3) is 15.9 Å². The Morgan fingerprint density at radius 1 is 1.11 bits per heavy atom. The lowest BCUT2D eigenvalue weighted by molar-refractivity contribution is -0.0190. The lowest BCUT2D eigenvalue weighted by Crippen LogP contribution is -2.47. The van der Waals surface area contributed by atoms with E-state index in [0.29, 0.717) is 24.8 Å². The van der Waals surface area contributed by atoms with Gasteiger partial charge in [0.15, 0.2) is 5.03 Å². The zero-order valence-corrected chi connectivity index (χ0v) is 28.5. The van der Waals surface area contributed by atoms with Crippen LogP contribution in [0.15, 0.2) is 35.7 Å². The van der Waals surface area contributed by atoms with E-state index in [1.807, 2.05) is 13.8 Å². The largest absolute Gasteiger partial charge is 0.490 e. The van der Waals surface area contributed by atoms with Crippen LogP contribution >= 0.6 is 0 Å². The number of imidazole rings is 1. The maximum Gasteiger partial charge on any atom is 0.280 e. The molecular formula is C33H53N5O6S. The third-order valence-corrected chi connectivity index (χ3v) is 10.3. The summed E-state index contributed by atoms with van der Waals surface area (Å²) in [7, 11) is -0.121. The van der Waals surface area contributed by atoms with Crippen LogP contribution in [0.4, 0.5) is 5.69 Å². The third kappa shape index (κ3) is 9.91. The number of fused-ring (bicyclic) bond motifs is 1. The van der Waals surface area contributed by atoms with E-state index in [2.05, 4.69) is 28.6 Å². The Bertz CT molecular complexity index is 1340. The highest BCUT2D eigenvalue weighted by atomic mass is 32.2. The van der Waals surface area contributed by atoms with Crippen molar-refractivity contribution in [2.24, 2.45) is 18.9 Å². The SMILES string of the molecule is C[C@@H]1CN([C@@H](C)CO)C(=O)c2cc(NS(=O)(=O)c3cn(C)cn3)ccc2O[C@@H](C)CCCCO[C@H]1CN(C)CC1CCCCC1. The summed E-state index contributed by atoms with van der Waals surface area (Å²) < 4.78 is 43.0. The fourth-order valence-electron chi connectivity index (χ4n) is 6.38. The zero-order chi connectivity index (χ0) is 32.6. The van der Waals surface area contributed by atoms with E-state index in [0.717, 1.165) is 32.4 Å². The Balaban J connectivity index is 1.61. The smallest absolute Gasteiger partial charge is 0.280 e. The Morgan fingerprint density at radius 2 is 1.84 bits per heavy atom. The number of likely N-dealkylation sites (N-methyl/N-ethyl adjacent to an activating group) is 1. The molecule has 4 atom stereocenters. The predicted octanol–water partition coefficient (Wildman–Crippen LogP) is 4.53. The average Bonchev–Trinajstić information content (AvgIpc) is 3.46. The fourth-order valence-corrected chi connectivity index (χ4v) is 7.41. The number of nitrogens with zero attached hydrogens (tertiary/aromatic N) is 4. The molecule has 0 radical (unpaired) electrons. The maximum atomic E-state index is 14.3. The number of carbonyl (C=O) groups excluding carboxylic acids is 1. The standard InChI is InChI=1S/C33H53N5O6S/c1-24-18-38(25(2)22-39)33(40)29-17-28(35-45(41,42)32-21-37(5)23-34-32)14-15-30(29)44-26(3)11-9-10-16-43-31(24)20-36(4)19-27-12-7-6-8-13-27/h14-15,17,21,23-27,31,35,39H,6-13,16,18-20,22H2,1-5H3/t24-,25+,26+,31+/m1/s1. The highest BCUT2D eigenvalue weighted by Crippen LogP contribution is 2.30. The van der Waals surface area contributed by atoms with Crippen LogP contribution in [0.5, 0.6) is 5.75 Å². The number of ether oxygens (including phenoxy) is 2. The zero-order valence-electron chi connectivity index (χ0n) is 27.7. The molecule has 1 aromatic heterocycles. The number of carbonyl (C=O) groups is 1. The molecule has 1 saturated carbocycles. The number of nitrogens with one attached hydrogen (secondary N) is 1. The first kappa shape index (κ1) is 35.2. The highest BCUT2D eigenvalue weighted by molar-refractivity contribution is 7.92. The number of rotatable bonds is 9. The summed E-state index contributed by atoms with van der Waals surface area (Å²) >= 11 is 0. The molecule has 1 aromatic carbocycles. The van der Waals surface area contributed by atoms with Crippen molar-refractivity contribution in [3.05, 3.63) is 36.3 Å². The lowest BCUT2D eigenvalue weighted by Gasteiger charge is -2.36. The summed E-state index contributed by atoms with van der Waals surface area (Å²) in [6.07, 6.45) is 11.7. The lowest BCUT2D eigenvalue weighted by atomic mass is 9.89. The molecule has 0 bridgehead atoms. The van der Waals surface area contributed by atoms with E-state index in [9.17, 15) is 18.3 Å².